The lowest BCUT2D eigenvalue weighted by Crippen LogP contribution is -2.48. The summed E-state index contributed by atoms with van der Waals surface area (Å²) in [5, 5.41) is 3.96. The Morgan fingerprint density at radius 3 is 3.09 bits per heavy atom. The van der Waals surface area contributed by atoms with E-state index in [-0.39, 0.29) is 12.0 Å². The smallest absolute Gasteiger partial charge is 0.253 e. The highest BCUT2D eigenvalue weighted by Gasteiger charge is 2.22. The molecule has 0 aliphatic carbocycles. The molecular weight excluding hydrogens is 290 g/mol. The Labute approximate surface area is 137 Å². The quantitative estimate of drug-likeness (QED) is 0.890. The van der Waals surface area contributed by atoms with Gasteiger partial charge in [-0.25, -0.2) is 0 Å². The van der Waals surface area contributed by atoms with Crippen molar-refractivity contribution in [2.24, 2.45) is 5.92 Å². The Balaban J connectivity index is 1.56. The first-order valence-electron chi connectivity index (χ1n) is 8.31. The van der Waals surface area contributed by atoms with Crippen LogP contribution in [0.5, 0.6) is 0 Å². The molecule has 0 saturated carbocycles. The van der Waals surface area contributed by atoms with Gasteiger partial charge in [0.25, 0.3) is 5.91 Å². The number of morpholine rings is 1. The van der Waals surface area contributed by atoms with E-state index in [0.29, 0.717) is 18.0 Å². The highest BCUT2D eigenvalue weighted by Crippen LogP contribution is 2.17. The van der Waals surface area contributed by atoms with E-state index in [0.717, 1.165) is 37.1 Å². The largest absolute Gasteiger partial charge is 0.374 e. The van der Waals surface area contributed by atoms with Crippen molar-refractivity contribution in [3.63, 3.8) is 0 Å². The number of hydrogen-bond acceptors (Lipinski definition) is 3. The molecule has 1 amide bonds. The lowest BCUT2D eigenvalue weighted by Gasteiger charge is -2.33. The third-order valence-electron chi connectivity index (χ3n) is 4.17. The summed E-state index contributed by atoms with van der Waals surface area (Å²) >= 11 is 0. The maximum Gasteiger partial charge on any atom is 0.253 e. The zero-order valence-electron chi connectivity index (χ0n) is 13.8. The van der Waals surface area contributed by atoms with Crippen LogP contribution in [-0.2, 0) is 4.74 Å². The topological polar surface area (TPSA) is 57.4 Å². The number of H-pyrrole nitrogens is 1. The van der Waals surface area contributed by atoms with Crippen LogP contribution in [0.2, 0.25) is 0 Å². The Kier molecular flexibility index (Phi) is 4.98. The van der Waals surface area contributed by atoms with E-state index in [1.807, 2.05) is 24.3 Å². The minimum absolute atomic E-state index is 0.0490. The van der Waals surface area contributed by atoms with E-state index < -0.39 is 0 Å². The maximum absolute atomic E-state index is 12.4. The number of para-hydroxylation sites is 1. The summed E-state index contributed by atoms with van der Waals surface area (Å²) in [6, 6.07) is 7.84. The second kappa shape index (κ2) is 7.15. The second-order valence-electron chi connectivity index (χ2n) is 6.60. The highest BCUT2D eigenvalue weighted by atomic mass is 16.5. The van der Waals surface area contributed by atoms with Crippen molar-refractivity contribution in [2.75, 3.05) is 32.8 Å². The first kappa shape index (κ1) is 16.0. The SMILES string of the molecule is CC(C)CN1CCO[C@@H](CNC(=O)c2c[nH]c3ccccc23)C1. The second-order valence-corrected chi connectivity index (χ2v) is 6.60. The van der Waals surface area contributed by atoms with Gasteiger partial charge in [-0.3, -0.25) is 9.69 Å². The summed E-state index contributed by atoms with van der Waals surface area (Å²) in [6.45, 7) is 8.67. The van der Waals surface area contributed by atoms with Gasteiger partial charge in [-0.1, -0.05) is 32.0 Å². The number of carbonyl (C=O) groups is 1. The predicted molar refractivity (Wildman–Crippen MR) is 91.6 cm³/mol. The summed E-state index contributed by atoms with van der Waals surface area (Å²) in [7, 11) is 0. The van der Waals surface area contributed by atoms with Gasteiger partial charge < -0.3 is 15.0 Å². The number of hydrogen-bond donors (Lipinski definition) is 2. The van der Waals surface area contributed by atoms with Crippen LogP contribution < -0.4 is 5.32 Å². The number of rotatable bonds is 5. The van der Waals surface area contributed by atoms with Crippen LogP contribution in [0.3, 0.4) is 0 Å². The Morgan fingerprint density at radius 1 is 1.43 bits per heavy atom. The maximum atomic E-state index is 12.4. The van der Waals surface area contributed by atoms with Crippen molar-refractivity contribution in [2.45, 2.75) is 20.0 Å². The lowest BCUT2D eigenvalue weighted by molar-refractivity contribution is -0.0295. The van der Waals surface area contributed by atoms with Crippen LogP contribution in [0.15, 0.2) is 30.5 Å². The number of fused-ring (bicyclic) bond motifs is 1. The van der Waals surface area contributed by atoms with Crippen molar-refractivity contribution in [3.8, 4) is 0 Å². The molecule has 1 fully saturated rings. The molecule has 3 rings (SSSR count). The molecule has 1 aliphatic heterocycles. The summed E-state index contributed by atoms with van der Waals surface area (Å²) in [6.07, 6.45) is 1.84. The summed E-state index contributed by atoms with van der Waals surface area (Å²) in [5.41, 5.74) is 1.67. The molecule has 2 aromatic rings. The molecule has 1 aliphatic rings. The van der Waals surface area contributed by atoms with Gasteiger partial charge in [0, 0.05) is 43.3 Å². The van der Waals surface area contributed by atoms with Crippen LogP contribution in [0, 0.1) is 5.92 Å². The molecule has 1 saturated heterocycles. The average molecular weight is 315 g/mol. The van der Waals surface area contributed by atoms with Gasteiger partial charge in [-0.15, -0.1) is 0 Å². The van der Waals surface area contributed by atoms with Crippen LogP contribution in [-0.4, -0.2) is 54.7 Å². The molecule has 2 heterocycles. The fraction of sp³-hybridized carbons (Fsp3) is 0.500. The molecule has 0 unspecified atom stereocenters. The van der Waals surface area contributed by atoms with E-state index in [4.69, 9.17) is 4.74 Å². The third-order valence-corrected chi connectivity index (χ3v) is 4.17. The fourth-order valence-corrected chi connectivity index (χ4v) is 3.15. The first-order chi connectivity index (χ1) is 11.1. The molecule has 1 aromatic carbocycles. The molecule has 0 radical (unpaired) electrons. The Morgan fingerprint density at radius 2 is 2.26 bits per heavy atom. The summed E-state index contributed by atoms with van der Waals surface area (Å²) in [4.78, 5) is 18.0. The normalized spacial score (nSPS) is 19.3. The molecule has 124 valence electrons. The number of ether oxygens (including phenoxy) is 1. The van der Waals surface area contributed by atoms with Gasteiger partial charge in [0.2, 0.25) is 0 Å². The van der Waals surface area contributed by atoms with E-state index in [2.05, 4.69) is 29.0 Å². The zero-order chi connectivity index (χ0) is 16.2. The van der Waals surface area contributed by atoms with Crippen molar-refractivity contribution in [3.05, 3.63) is 36.0 Å². The molecule has 5 nitrogen and oxygen atoms in total. The van der Waals surface area contributed by atoms with Crippen LogP contribution in [0.4, 0.5) is 0 Å². The number of aromatic amines is 1. The van der Waals surface area contributed by atoms with Gasteiger partial charge in [0.05, 0.1) is 18.3 Å². The standard InChI is InChI=1S/C18H25N3O2/c1-13(2)11-21-7-8-23-14(12-21)9-20-18(22)16-10-19-17-6-4-3-5-15(16)17/h3-6,10,13-14,19H,7-9,11-12H2,1-2H3,(H,20,22)/t14-/m0/s1. The molecule has 5 heteroatoms. The number of aromatic nitrogens is 1. The minimum atomic E-state index is -0.0490. The van der Waals surface area contributed by atoms with Gasteiger partial charge in [0.15, 0.2) is 0 Å². The molecular formula is C18H25N3O2. The first-order valence-corrected chi connectivity index (χ1v) is 8.31. The fourth-order valence-electron chi connectivity index (χ4n) is 3.15. The number of benzene rings is 1. The predicted octanol–water partition coefficient (Wildman–Crippen LogP) is 2.25. The van der Waals surface area contributed by atoms with Gasteiger partial charge in [-0.05, 0) is 12.0 Å². The van der Waals surface area contributed by atoms with Gasteiger partial charge >= 0.3 is 0 Å². The average Bonchev–Trinajstić information content (AvgIpc) is 2.96. The van der Waals surface area contributed by atoms with E-state index in [1.54, 1.807) is 6.20 Å². The summed E-state index contributed by atoms with van der Waals surface area (Å²) in [5.74, 6) is 0.599. The van der Waals surface area contributed by atoms with Crippen LogP contribution in [0.25, 0.3) is 10.9 Å². The monoisotopic (exact) mass is 315 g/mol. The molecule has 0 bridgehead atoms. The number of nitrogens with one attached hydrogen (secondary N) is 2. The Hall–Kier alpha value is -1.85. The molecule has 1 aromatic heterocycles. The number of amides is 1. The number of carbonyl (C=O) groups excluding carboxylic acids is 1. The molecule has 1 atom stereocenters. The number of nitrogens with zero attached hydrogens (tertiary/aromatic N) is 1. The van der Waals surface area contributed by atoms with Crippen molar-refractivity contribution in [1.82, 2.24) is 15.2 Å². The zero-order valence-corrected chi connectivity index (χ0v) is 13.8. The minimum Gasteiger partial charge on any atom is -0.374 e. The third kappa shape index (κ3) is 3.92. The van der Waals surface area contributed by atoms with Crippen LogP contribution in [0.1, 0.15) is 24.2 Å². The van der Waals surface area contributed by atoms with E-state index in [1.165, 1.54) is 0 Å². The van der Waals surface area contributed by atoms with E-state index in [9.17, 15) is 4.79 Å². The molecule has 23 heavy (non-hydrogen) atoms. The van der Waals surface area contributed by atoms with Crippen LogP contribution >= 0.6 is 0 Å². The van der Waals surface area contributed by atoms with Crippen molar-refractivity contribution in [1.29, 1.82) is 0 Å². The lowest BCUT2D eigenvalue weighted by atomic mass is 10.1. The molecule has 2 N–H and O–H groups in total. The van der Waals surface area contributed by atoms with E-state index >= 15 is 0 Å². The molecule has 0 spiro atoms. The highest BCUT2D eigenvalue weighted by molar-refractivity contribution is 6.06. The summed E-state index contributed by atoms with van der Waals surface area (Å²) < 4.78 is 5.78. The van der Waals surface area contributed by atoms with Crippen molar-refractivity contribution < 1.29 is 9.53 Å². The van der Waals surface area contributed by atoms with Gasteiger partial charge in [-0.2, -0.15) is 0 Å². The van der Waals surface area contributed by atoms with Gasteiger partial charge in [0.1, 0.15) is 0 Å². The van der Waals surface area contributed by atoms with Crippen molar-refractivity contribution >= 4 is 16.8 Å². The Bertz CT molecular complexity index is 665.